The van der Waals surface area contributed by atoms with Crippen LogP contribution in [0.1, 0.15) is 16.1 Å². The van der Waals surface area contributed by atoms with E-state index >= 15 is 0 Å². The Morgan fingerprint density at radius 1 is 1.24 bits per heavy atom. The van der Waals surface area contributed by atoms with Crippen LogP contribution < -0.4 is 4.74 Å². The summed E-state index contributed by atoms with van der Waals surface area (Å²) in [6, 6.07) is 3.41. The van der Waals surface area contributed by atoms with Crippen molar-refractivity contribution in [3.8, 4) is 17.0 Å². The van der Waals surface area contributed by atoms with Crippen molar-refractivity contribution in [2.45, 2.75) is 6.18 Å². The van der Waals surface area contributed by atoms with Crippen LogP contribution in [0.25, 0.3) is 11.3 Å². The Kier molecular flexibility index (Phi) is 3.79. The smallest absolute Gasteiger partial charge is 0.417 e. The number of rotatable bonds is 3. The molecule has 2 aromatic rings. The van der Waals surface area contributed by atoms with E-state index in [1.54, 1.807) is 0 Å². The number of aromatic carboxylic acids is 1. The molecule has 0 aliphatic rings. The molecule has 1 N–H and O–H groups in total. The highest BCUT2D eigenvalue weighted by Crippen LogP contribution is 2.38. The molecule has 5 nitrogen and oxygen atoms in total. The second kappa shape index (κ2) is 5.39. The van der Waals surface area contributed by atoms with E-state index in [2.05, 4.69) is 9.97 Å². The molecule has 0 saturated heterocycles. The van der Waals surface area contributed by atoms with Crippen molar-refractivity contribution in [1.29, 1.82) is 0 Å². The monoisotopic (exact) mass is 298 g/mol. The van der Waals surface area contributed by atoms with Crippen LogP contribution >= 0.6 is 0 Å². The van der Waals surface area contributed by atoms with Gasteiger partial charge in [-0.05, 0) is 18.2 Å². The van der Waals surface area contributed by atoms with Crippen molar-refractivity contribution in [2.24, 2.45) is 0 Å². The van der Waals surface area contributed by atoms with E-state index in [4.69, 9.17) is 9.84 Å². The van der Waals surface area contributed by atoms with Gasteiger partial charge in [0.2, 0.25) is 0 Å². The minimum absolute atomic E-state index is 0.0567. The molecule has 0 aliphatic carbocycles. The van der Waals surface area contributed by atoms with E-state index in [9.17, 15) is 18.0 Å². The van der Waals surface area contributed by atoms with E-state index in [-0.39, 0.29) is 22.7 Å². The third kappa shape index (κ3) is 3.10. The molecule has 0 unspecified atom stereocenters. The van der Waals surface area contributed by atoms with Crippen molar-refractivity contribution in [3.05, 3.63) is 41.9 Å². The lowest BCUT2D eigenvalue weighted by Crippen LogP contribution is -2.09. The third-order valence-corrected chi connectivity index (χ3v) is 2.68. The highest BCUT2D eigenvalue weighted by Gasteiger charge is 2.34. The predicted octanol–water partition coefficient (Wildman–Crippen LogP) is 2.87. The van der Waals surface area contributed by atoms with Crippen molar-refractivity contribution in [1.82, 2.24) is 9.97 Å². The molecule has 0 atom stereocenters. The van der Waals surface area contributed by atoms with Crippen LogP contribution in [0.15, 0.2) is 30.6 Å². The average Bonchev–Trinajstić information content (AvgIpc) is 2.46. The average molecular weight is 298 g/mol. The second-order valence-electron chi connectivity index (χ2n) is 4.00. The predicted molar refractivity (Wildman–Crippen MR) is 66.0 cm³/mol. The lowest BCUT2D eigenvalue weighted by atomic mass is 10.0. The molecule has 2 rings (SSSR count). The van der Waals surface area contributed by atoms with E-state index in [0.29, 0.717) is 0 Å². The number of carboxylic acids is 1. The Morgan fingerprint density at radius 2 is 1.95 bits per heavy atom. The zero-order chi connectivity index (χ0) is 15.6. The number of hydrogen-bond donors (Lipinski definition) is 1. The standard InChI is InChI=1S/C13H9F3N2O3/c1-21-7-2-3-8(9(4-7)13(14,15)16)10-5-18-11(6-17-10)12(19)20/h2-6H,1H3,(H,19,20). The van der Waals surface area contributed by atoms with Crippen LogP contribution in [-0.4, -0.2) is 28.2 Å². The molecule has 0 spiro atoms. The molecule has 0 saturated carbocycles. The molecule has 1 heterocycles. The maximum atomic E-state index is 13.1. The first-order chi connectivity index (χ1) is 9.82. The van der Waals surface area contributed by atoms with Crippen molar-refractivity contribution >= 4 is 5.97 Å². The Labute approximate surface area is 117 Å². The normalized spacial score (nSPS) is 11.2. The van der Waals surface area contributed by atoms with Gasteiger partial charge in [-0.25, -0.2) is 9.78 Å². The van der Waals surface area contributed by atoms with Crippen LogP contribution in [0.4, 0.5) is 13.2 Å². The fourth-order valence-corrected chi connectivity index (χ4v) is 1.69. The summed E-state index contributed by atoms with van der Waals surface area (Å²) in [5, 5.41) is 8.70. The fourth-order valence-electron chi connectivity index (χ4n) is 1.69. The lowest BCUT2D eigenvalue weighted by molar-refractivity contribution is -0.137. The fraction of sp³-hybridized carbons (Fsp3) is 0.154. The van der Waals surface area contributed by atoms with Gasteiger partial charge in [-0.15, -0.1) is 0 Å². The van der Waals surface area contributed by atoms with Crippen LogP contribution in [-0.2, 0) is 6.18 Å². The van der Waals surface area contributed by atoms with Crippen molar-refractivity contribution < 1.29 is 27.8 Å². The number of carboxylic acid groups (broad SMARTS) is 1. The number of carbonyl (C=O) groups is 1. The van der Waals surface area contributed by atoms with Crippen LogP contribution in [0, 0.1) is 0 Å². The number of methoxy groups -OCH3 is 1. The quantitative estimate of drug-likeness (QED) is 0.943. The SMILES string of the molecule is COc1ccc(-c2cnc(C(=O)O)cn2)c(C(F)(F)F)c1. The van der Waals surface area contributed by atoms with Gasteiger partial charge in [-0.3, -0.25) is 4.98 Å². The van der Waals surface area contributed by atoms with Gasteiger partial charge < -0.3 is 9.84 Å². The van der Waals surface area contributed by atoms with Crippen LogP contribution in [0.3, 0.4) is 0 Å². The molecule has 8 heteroatoms. The van der Waals surface area contributed by atoms with Gasteiger partial charge in [0.25, 0.3) is 0 Å². The summed E-state index contributed by atoms with van der Waals surface area (Å²) in [6.45, 7) is 0. The largest absolute Gasteiger partial charge is 0.497 e. The molecule has 0 aliphatic heterocycles. The molecular formula is C13H9F3N2O3. The van der Waals surface area contributed by atoms with Gasteiger partial charge >= 0.3 is 12.1 Å². The molecule has 0 bridgehead atoms. The molecule has 1 aromatic heterocycles. The van der Waals surface area contributed by atoms with E-state index in [0.717, 1.165) is 18.5 Å². The summed E-state index contributed by atoms with van der Waals surface area (Å²) in [6.07, 6.45) is -2.71. The van der Waals surface area contributed by atoms with Gasteiger partial charge in [0.1, 0.15) is 5.75 Å². The number of alkyl halides is 3. The topological polar surface area (TPSA) is 72.3 Å². The number of ether oxygens (including phenoxy) is 1. The van der Waals surface area contributed by atoms with E-state index in [1.807, 2.05) is 0 Å². The van der Waals surface area contributed by atoms with Crippen molar-refractivity contribution in [2.75, 3.05) is 7.11 Å². The summed E-state index contributed by atoms with van der Waals surface area (Å²) < 4.78 is 44.0. The maximum absolute atomic E-state index is 13.1. The van der Waals surface area contributed by atoms with E-state index in [1.165, 1.54) is 19.2 Å². The summed E-state index contributed by atoms with van der Waals surface area (Å²) in [5.74, 6) is -1.25. The lowest BCUT2D eigenvalue weighted by Gasteiger charge is -2.13. The first kappa shape index (κ1) is 14.8. The number of benzene rings is 1. The molecule has 0 fully saturated rings. The molecule has 0 amide bonds. The maximum Gasteiger partial charge on any atom is 0.417 e. The van der Waals surface area contributed by atoms with Gasteiger partial charge in [0.05, 0.1) is 30.8 Å². The van der Waals surface area contributed by atoms with Gasteiger partial charge in [0, 0.05) is 5.56 Å². The number of halogens is 3. The minimum atomic E-state index is -4.60. The molecule has 110 valence electrons. The summed E-state index contributed by atoms with van der Waals surface area (Å²) in [5.41, 5.74) is -1.55. The molecule has 21 heavy (non-hydrogen) atoms. The van der Waals surface area contributed by atoms with Gasteiger partial charge in [0.15, 0.2) is 5.69 Å². The van der Waals surface area contributed by atoms with Gasteiger partial charge in [-0.2, -0.15) is 13.2 Å². The summed E-state index contributed by atoms with van der Waals surface area (Å²) in [4.78, 5) is 17.9. The zero-order valence-electron chi connectivity index (χ0n) is 10.7. The Balaban J connectivity index is 2.55. The summed E-state index contributed by atoms with van der Waals surface area (Å²) in [7, 11) is 1.26. The Bertz CT molecular complexity index is 669. The second-order valence-corrected chi connectivity index (χ2v) is 4.00. The first-order valence-corrected chi connectivity index (χ1v) is 5.64. The third-order valence-electron chi connectivity index (χ3n) is 2.68. The molecule has 0 radical (unpaired) electrons. The van der Waals surface area contributed by atoms with Gasteiger partial charge in [-0.1, -0.05) is 0 Å². The van der Waals surface area contributed by atoms with E-state index < -0.39 is 17.7 Å². The highest BCUT2D eigenvalue weighted by molar-refractivity contribution is 5.85. The molecule has 1 aromatic carbocycles. The summed E-state index contributed by atoms with van der Waals surface area (Å²) >= 11 is 0. The Hall–Kier alpha value is -2.64. The number of aromatic nitrogens is 2. The molecular weight excluding hydrogens is 289 g/mol. The van der Waals surface area contributed by atoms with Crippen molar-refractivity contribution in [3.63, 3.8) is 0 Å². The minimum Gasteiger partial charge on any atom is -0.497 e. The Morgan fingerprint density at radius 3 is 2.43 bits per heavy atom. The van der Waals surface area contributed by atoms with Crippen LogP contribution in [0.5, 0.6) is 5.75 Å². The highest BCUT2D eigenvalue weighted by atomic mass is 19.4. The number of nitrogens with zero attached hydrogens (tertiary/aromatic N) is 2. The number of hydrogen-bond acceptors (Lipinski definition) is 4. The zero-order valence-corrected chi connectivity index (χ0v) is 10.7. The first-order valence-electron chi connectivity index (χ1n) is 5.64. The van der Waals surface area contributed by atoms with Crippen LogP contribution in [0.2, 0.25) is 0 Å².